The van der Waals surface area contributed by atoms with E-state index in [9.17, 15) is 19.2 Å². The molecule has 0 atom stereocenters. The standard InChI is InChI=1S/C22H34N4O6.Rb/c1-3-10-25-22(30)32-13-4-12-31-16-21(29)26-15-18-7-5-17(6-8-18)14-20(28)24-11-9-19(27)23-2;/h5-8H,3-4,9-16H2,1-2H3,(H4,23,24,25,26,27,28,29,30);/q;+1/p-1. The van der Waals surface area contributed by atoms with Gasteiger partial charge < -0.3 is 35.5 Å². The fourth-order valence-electron chi connectivity index (χ4n) is 2.44. The SMILES string of the molecule is CCCNC(=O)OCCCOCC(=O)[N-]Cc1ccc(CC(=O)NCCC(=O)NC)cc1.[Rb+]. The number of alkyl carbamates (subject to hydrolysis) is 1. The van der Waals surface area contributed by atoms with E-state index < -0.39 is 6.09 Å². The van der Waals surface area contributed by atoms with Crippen molar-refractivity contribution < 1.29 is 86.8 Å². The summed E-state index contributed by atoms with van der Waals surface area (Å²) in [5.74, 6) is -0.656. The Morgan fingerprint density at radius 3 is 2.30 bits per heavy atom. The number of amides is 4. The number of hydrogen-bond acceptors (Lipinski definition) is 6. The van der Waals surface area contributed by atoms with Crippen LogP contribution in [0.3, 0.4) is 0 Å². The number of nitrogens with zero attached hydrogens (tertiary/aromatic N) is 1. The molecule has 0 bridgehead atoms. The summed E-state index contributed by atoms with van der Waals surface area (Å²) in [6.07, 6.45) is 1.33. The normalized spacial score (nSPS) is 9.88. The predicted molar refractivity (Wildman–Crippen MR) is 119 cm³/mol. The minimum atomic E-state index is -0.453. The molecule has 0 saturated heterocycles. The van der Waals surface area contributed by atoms with Gasteiger partial charge in [0.25, 0.3) is 0 Å². The molecule has 0 unspecified atom stereocenters. The van der Waals surface area contributed by atoms with E-state index in [1.165, 1.54) is 0 Å². The first-order chi connectivity index (χ1) is 15.4. The Kier molecular flexibility index (Phi) is 19.3. The van der Waals surface area contributed by atoms with Crippen LogP contribution in [-0.2, 0) is 36.8 Å². The van der Waals surface area contributed by atoms with Gasteiger partial charge in [0.1, 0.15) is 0 Å². The van der Waals surface area contributed by atoms with E-state index in [4.69, 9.17) is 9.47 Å². The zero-order valence-electron chi connectivity index (χ0n) is 19.8. The summed E-state index contributed by atoms with van der Waals surface area (Å²) in [5, 5.41) is 11.7. The zero-order chi connectivity index (χ0) is 23.6. The molecule has 1 aromatic carbocycles. The molecule has 178 valence electrons. The minimum absolute atomic E-state index is 0. The Morgan fingerprint density at radius 1 is 0.939 bits per heavy atom. The molecular weight excluding hydrogens is 502 g/mol. The van der Waals surface area contributed by atoms with Crippen LogP contribution in [0.5, 0.6) is 0 Å². The number of carbonyl (C=O) groups excluding carboxylic acids is 4. The molecule has 10 nitrogen and oxygen atoms in total. The van der Waals surface area contributed by atoms with Crippen LogP contribution in [0, 0.1) is 0 Å². The van der Waals surface area contributed by atoms with Crippen molar-refractivity contribution in [2.24, 2.45) is 0 Å². The predicted octanol–water partition coefficient (Wildman–Crippen LogP) is -1.57. The number of ether oxygens (including phenoxy) is 2. The van der Waals surface area contributed by atoms with E-state index >= 15 is 0 Å². The maximum absolute atomic E-state index is 11.9. The molecule has 0 heterocycles. The average Bonchev–Trinajstić information content (AvgIpc) is 2.79. The van der Waals surface area contributed by atoms with E-state index in [0.29, 0.717) is 26.1 Å². The van der Waals surface area contributed by atoms with Crippen LogP contribution >= 0.6 is 0 Å². The minimum Gasteiger partial charge on any atom is -0.648 e. The molecule has 0 saturated carbocycles. The van der Waals surface area contributed by atoms with Gasteiger partial charge in [-0.15, -0.1) is 6.54 Å². The second-order valence-corrected chi connectivity index (χ2v) is 6.95. The quantitative estimate of drug-likeness (QED) is 0.233. The molecule has 0 spiro atoms. The van der Waals surface area contributed by atoms with Crippen LogP contribution in [0.2, 0.25) is 0 Å². The molecule has 11 heteroatoms. The van der Waals surface area contributed by atoms with Crippen LogP contribution in [0.15, 0.2) is 24.3 Å². The number of rotatable bonds is 15. The first kappa shape index (κ1) is 31.7. The molecule has 1 rings (SSSR count). The summed E-state index contributed by atoms with van der Waals surface area (Å²) in [6, 6.07) is 7.24. The first-order valence-corrected chi connectivity index (χ1v) is 10.7. The maximum atomic E-state index is 11.9. The Hall–Kier alpha value is -1.33. The molecule has 0 aromatic heterocycles. The van der Waals surface area contributed by atoms with Crippen molar-refractivity contribution in [3.63, 3.8) is 0 Å². The fraction of sp³-hybridized carbons (Fsp3) is 0.545. The Balaban J connectivity index is 0.0000102. The van der Waals surface area contributed by atoms with Crippen molar-refractivity contribution >= 4 is 23.8 Å². The van der Waals surface area contributed by atoms with Gasteiger partial charge in [0.2, 0.25) is 11.8 Å². The van der Waals surface area contributed by atoms with Crippen molar-refractivity contribution in [2.75, 3.05) is 40.0 Å². The second kappa shape index (κ2) is 20.1. The monoisotopic (exact) mass is 534 g/mol. The molecule has 3 N–H and O–H groups in total. The van der Waals surface area contributed by atoms with Gasteiger partial charge in [-0.05, 0) is 12.0 Å². The second-order valence-electron chi connectivity index (χ2n) is 6.95. The van der Waals surface area contributed by atoms with Gasteiger partial charge in [0, 0.05) is 33.0 Å². The van der Waals surface area contributed by atoms with Crippen molar-refractivity contribution in [3.05, 3.63) is 40.7 Å². The molecule has 1 aromatic rings. The Bertz CT molecular complexity index is 730. The van der Waals surface area contributed by atoms with Gasteiger partial charge in [0.15, 0.2) is 0 Å². The molecule has 33 heavy (non-hydrogen) atoms. The van der Waals surface area contributed by atoms with Crippen molar-refractivity contribution in [3.8, 4) is 0 Å². The van der Waals surface area contributed by atoms with Crippen molar-refractivity contribution in [1.29, 1.82) is 0 Å². The maximum Gasteiger partial charge on any atom is 1.00 e. The third-order valence-corrected chi connectivity index (χ3v) is 4.19. The number of hydrogen-bond donors (Lipinski definition) is 3. The van der Waals surface area contributed by atoms with Crippen molar-refractivity contribution in [2.45, 2.75) is 39.2 Å². The molecule has 0 aliphatic rings. The van der Waals surface area contributed by atoms with E-state index in [-0.39, 0.29) is 109 Å². The van der Waals surface area contributed by atoms with Gasteiger partial charge in [-0.2, -0.15) is 0 Å². The largest absolute Gasteiger partial charge is 1.00 e. The van der Waals surface area contributed by atoms with Crippen LogP contribution in [0.25, 0.3) is 5.32 Å². The summed E-state index contributed by atoms with van der Waals surface area (Å²) < 4.78 is 10.2. The molecule has 0 fully saturated rings. The molecule has 0 aliphatic carbocycles. The summed E-state index contributed by atoms with van der Waals surface area (Å²) in [5.41, 5.74) is 1.67. The van der Waals surface area contributed by atoms with E-state index in [0.717, 1.165) is 17.5 Å². The summed E-state index contributed by atoms with van der Waals surface area (Å²) >= 11 is 0. The van der Waals surface area contributed by atoms with Crippen LogP contribution in [0.4, 0.5) is 4.79 Å². The van der Waals surface area contributed by atoms with Crippen LogP contribution in [0.1, 0.15) is 37.3 Å². The van der Waals surface area contributed by atoms with Gasteiger partial charge in [-0.25, -0.2) is 4.79 Å². The number of nitrogens with one attached hydrogen (secondary N) is 3. The average molecular weight is 535 g/mol. The Morgan fingerprint density at radius 2 is 1.64 bits per heavy atom. The molecular formula is C22H33N4O6Rb. The third kappa shape index (κ3) is 16.9. The summed E-state index contributed by atoms with van der Waals surface area (Å²) in [7, 11) is 1.55. The zero-order valence-corrected chi connectivity index (χ0v) is 24.7. The van der Waals surface area contributed by atoms with Crippen LogP contribution in [-0.4, -0.2) is 63.8 Å². The van der Waals surface area contributed by atoms with Crippen molar-refractivity contribution in [1.82, 2.24) is 16.0 Å². The van der Waals surface area contributed by atoms with Gasteiger partial charge in [-0.1, -0.05) is 36.8 Å². The molecule has 0 radical (unpaired) electrons. The Labute approximate surface area is 244 Å². The fourth-order valence-corrected chi connectivity index (χ4v) is 2.44. The molecule has 4 amide bonds. The van der Waals surface area contributed by atoms with E-state index in [1.54, 1.807) is 19.2 Å². The van der Waals surface area contributed by atoms with Gasteiger partial charge >= 0.3 is 64.3 Å². The van der Waals surface area contributed by atoms with Gasteiger partial charge in [-0.3, -0.25) is 9.59 Å². The third-order valence-electron chi connectivity index (χ3n) is 4.19. The van der Waals surface area contributed by atoms with Gasteiger partial charge in [0.05, 0.1) is 32.1 Å². The van der Waals surface area contributed by atoms with Crippen LogP contribution < -0.4 is 74.1 Å². The number of benzene rings is 1. The topological polar surface area (TPSA) is 137 Å². The smallest absolute Gasteiger partial charge is 0.648 e. The van der Waals surface area contributed by atoms with E-state index in [1.807, 2.05) is 19.1 Å². The summed E-state index contributed by atoms with van der Waals surface area (Å²) in [6.45, 7) is 3.43. The summed E-state index contributed by atoms with van der Waals surface area (Å²) in [4.78, 5) is 46.0. The number of carbonyl (C=O) groups is 4. The van der Waals surface area contributed by atoms with E-state index in [2.05, 4.69) is 21.3 Å². The molecule has 0 aliphatic heterocycles. The first-order valence-electron chi connectivity index (χ1n) is 10.7.